The average molecular weight is 539 g/mol. The maximum atomic E-state index is 5.96. The first kappa shape index (κ1) is 34.8. The van der Waals surface area contributed by atoms with Crippen molar-refractivity contribution in [2.75, 3.05) is 66.6 Å². The van der Waals surface area contributed by atoms with Gasteiger partial charge in [0.1, 0.15) is 5.75 Å². The van der Waals surface area contributed by atoms with Gasteiger partial charge in [-0.2, -0.15) is 0 Å². The molecule has 0 aliphatic rings. The number of benzene rings is 1. The highest BCUT2D eigenvalue weighted by atomic mass is 16.6. The van der Waals surface area contributed by atoms with Gasteiger partial charge in [-0.25, -0.2) is 0 Å². The molecule has 0 fully saturated rings. The van der Waals surface area contributed by atoms with E-state index in [1.54, 1.807) is 7.11 Å². The van der Waals surface area contributed by atoms with Gasteiger partial charge in [-0.1, -0.05) is 103 Å². The predicted molar refractivity (Wildman–Crippen MR) is 156 cm³/mol. The molecule has 222 valence electrons. The summed E-state index contributed by atoms with van der Waals surface area (Å²) in [6.45, 7) is 8.24. The third-order valence-electron chi connectivity index (χ3n) is 6.48. The van der Waals surface area contributed by atoms with Gasteiger partial charge in [0.2, 0.25) is 0 Å². The number of unbranched alkanes of at least 4 members (excludes halogenated alkanes) is 13. The van der Waals surface area contributed by atoms with Crippen LogP contribution in [0.4, 0.5) is 0 Å². The van der Waals surface area contributed by atoms with E-state index in [2.05, 4.69) is 19.1 Å². The van der Waals surface area contributed by atoms with Crippen molar-refractivity contribution in [1.82, 2.24) is 0 Å². The van der Waals surface area contributed by atoms with E-state index in [0.717, 1.165) is 24.3 Å². The van der Waals surface area contributed by atoms with Crippen LogP contribution in [-0.2, 0) is 30.3 Å². The summed E-state index contributed by atoms with van der Waals surface area (Å²) in [7, 11) is 1.66. The molecule has 38 heavy (non-hydrogen) atoms. The quantitative estimate of drug-likeness (QED) is 0.0933. The molecule has 0 aliphatic carbocycles. The van der Waals surface area contributed by atoms with Gasteiger partial charge in [-0.15, -0.1) is 0 Å². The first-order valence-electron chi connectivity index (χ1n) is 15.4. The molecule has 0 aromatic heterocycles. The monoisotopic (exact) mass is 538 g/mol. The lowest BCUT2D eigenvalue weighted by molar-refractivity contribution is -0.00950. The lowest BCUT2D eigenvalue weighted by Gasteiger charge is -2.09. The molecule has 6 heteroatoms. The van der Waals surface area contributed by atoms with Crippen LogP contribution in [0.2, 0.25) is 0 Å². The largest absolute Gasteiger partial charge is 0.494 e. The van der Waals surface area contributed by atoms with E-state index in [1.165, 1.54) is 83.5 Å². The van der Waals surface area contributed by atoms with E-state index in [4.69, 9.17) is 28.4 Å². The summed E-state index contributed by atoms with van der Waals surface area (Å²) in [5.74, 6) is 0.931. The number of hydrogen-bond donors (Lipinski definition) is 0. The average Bonchev–Trinajstić information content (AvgIpc) is 2.93. The number of ether oxygens (including phenoxy) is 6. The zero-order chi connectivity index (χ0) is 27.2. The van der Waals surface area contributed by atoms with Crippen LogP contribution in [0.15, 0.2) is 24.3 Å². The minimum absolute atomic E-state index is 0.559. The summed E-state index contributed by atoms with van der Waals surface area (Å²) in [5, 5.41) is 0. The first-order chi connectivity index (χ1) is 18.9. The van der Waals surface area contributed by atoms with Gasteiger partial charge in [0.05, 0.1) is 66.1 Å². The van der Waals surface area contributed by atoms with Crippen molar-refractivity contribution in [3.05, 3.63) is 29.8 Å². The van der Waals surface area contributed by atoms with Crippen molar-refractivity contribution in [3.63, 3.8) is 0 Å². The molecule has 0 aliphatic heterocycles. The van der Waals surface area contributed by atoms with Crippen LogP contribution < -0.4 is 4.74 Å². The van der Waals surface area contributed by atoms with Crippen LogP contribution in [0.25, 0.3) is 0 Å². The van der Waals surface area contributed by atoms with E-state index in [1.807, 2.05) is 12.1 Å². The molecule has 0 spiro atoms. The zero-order valence-electron chi connectivity index (χ0n) is 24.7. The Balaban J connectivity index is 1.87. The van der Waals surface area contributed by atoms with Crippen molar-refractivity contribution in [2.45, 2.75) is 103 Å². The molecule has 0 unspecified atom stereocenters. The molecular weight excluding hydrogens is 480 g/mol. The predicted octanol–water partition coefficient (Wildman–Crippen LogP) is 7.76. The smallest absolute Gasteiger partial charge is 0.119 e. The summed E-state index contributed by atoms with van der Waals surface area (Å²) in [6.07, 6.45) is 19.2. The van der Waals surface area contributed by atoms with Crippen LogP contribution in [0, 0.1) is 0 Å². The molecule has 0 heterocycles. The van der Waals surface area contributed by atoms with Crippen LogP contribution in [0.3, 0.4) is 0 Å². The normalized spacial score (nSPS) is 11.3. The number of hydrogen-bond acceptors (Lipinski definition) is 6. The molecule has 0 atom stereocenters. The van der Waals surface area contributed by atoms with Crippen LogP contribution in [-0.4, -0.2) is 66.6 Å². The van der Waals surface area contributed by atoms with Crippen molar-refractivity contribution in [2.24, 2.45) is 0 Å². The molecule has 0 N–H and O–H groups in total. The van der Waals surface area contributed by atoms with E-state index in [9.17, 15) is 0 Å². The third kappa shape index (κ3) is 23.9. The maximum absolute atomic E-state index is 5.96. The van der Waals surface area contributed by atoms with Crippen LogP contribution in [0.5, 0.6) is 5.75 Å². The molecule has 6 nitrogen and oxygen atoms in total. The molecule has 0 saturated carbocycles. The highest BCUT2D eigenvalue weighted by molar-refractivity contribution is 5.28. The van der Waals surface area contributed by atoms with E-state index >= 15 is 0 Å². The second-order valence-electron chi connectivity index (χ2n) is 9.97. The minimum Gasteiger partial charge on any atom is -0.494 e. The van der Waals surface area contributed by atoms with Gasteiger partial charge >= 0.3 is 0 Å². The Morgan fingerprint density at radius 3 is 1.50 bits per heavy atom. The summed E-state index contributed by atoms with van der Waals surface area (Å²) in [6, 6.07) is 8.21. The van der Waals surface area contributed by atoms with Gasteiger partial charge in [0.15, 0.2) is 0 Å². The Kier molecular flexibility index (Phi) is 26.4. The van der Waals surface area contributed by atoms with Crippen molar-refractivity contribution >= 4 is 0 Å². The summed E-state index contributed by atoms with van der Waals surface area (Å²) < 4.78 is 32.9. The van der Waals surface area contributed by atoms with Gasteiger partial charge < -0.3 is 28.4 Å². The lowest BCUT2D eigenvalue weighted by atomic mass is 10.0. The van der Waals surface area contributed by atoms with Crippen LogP contribution >= 0.6 is 0 Å². The molecule has 1 aromatic rings. The lowest BCUT2D eigenvalue weighted by Crippen LogP contribution is -2.12. The van der Waals surface area contributed by atoms with Crippen molar-refractivity contribution in [1.29, 1.82) is 0 Å². The van der Waals surface area contributed by atoms with E-state index < -0.39 is 0 Å². The fourth-order valence-corrected chi connectivity index (χ4v) is 4.20. The SMILES string of the molecule is CCCCCCCCCCCCCCCCOc1cccc(COCCOCCOCCOCCOC)c1. The number of rotatable bonds is 30. The Hall–Kier alpha value is -1.18. The first-order valence-corrected chi connectivity index (χ1v) is 15.4. The van der Waals surface area contributed by atoms with Gasteiger partial charge in [-0.05, 0) is 24.1 Å². The topological polar surface area (TPSA) is 55.4 Å². The molecule has 0 amide bonds. The minimum atomic E-state index is 0.559. The molecule has 0 bridgehead atoms. The maximum Gasteiger partial charge on any atom is 0.119 e. The van der Waals surface area contributed by atoms with Gasteiger partial charge in [0.25, 0.3) is 0 Å². The Morgan fingerprint density at radius 2 is 0.974 bits per heavy atom. The van der Waals surface area contributed by atoms with E-state index in [0.29, 0.717) is 59.5 Å². The Bertz CT molecular complexity index is 597. The van der Waals surface area contributed by atoms with E-state index in [-0.39, 0.29) is 0 Å². The molecule has 1 aromatic carbocycles. The third-order valence-corrected chi connectivity index (χ3v) is 6.48. The van der Waals surface area contributed by atoms with Crippen molar-refractivity contribution < 1.29 is 28.4 Å². The Labute approximate surface area is 234 Å². The highest BCUT2D eigenvalue weighted by Crippen LogP contribution is 2.16. The van der Waals surface area contributed by atoms with Crippen molar-refractivity contribution in [3.8, 4) is 5.75 Å². The Morgan fingerprint density at radius 1 is 0.500 bits per heavy atom. The second kappa shape index (κ2) is 28.8. The second-order valence-corrected chi connectivity index (χ2v) is 9.97. The summed E-state index contributed by atoms with van der Waals surface area (Å²) in [5.41, 5.74) is 1.13. The summed E-state index contributed by atoms with van der Waals surface area (Å²) >= 11 is 0. The molecular formula is C32H58O6. The van der Waals surface area contributed by atoms with Gasteiger partial charge in [0, 0.05) is 7.11 Å². The summed E-state index contributed by atoms with van der Waals surface area (Å²) in [4.78, 5) is 0. The molecule has 1 rings (SSSR count). The standard InChI is InChI=1S/C32H58O6/c1-3-4-5-6-7-8-9-10-11-12-13-14-15-16-20-38-32-19-17-18-31(29-32)30-37-28-27-36-26-25-35-24-23-34-22-21-33-2/h17-19,29H,3-16,20-28,30H2,1-2H3. The van der Waals surface area contributed by atoms with Gasteiger partial charge in [-0.3, -0.25) is 0 Å². The highest BCUT2D eigenvalue weighted by Gasteiger charge is 2.00. The van der Waals surface area contributed by atoms with Crippen LogP contribution in [0.1, 0.15) is 102 Å². The zero-order valence-corrected chi connectivity index (χ0v) is 24.7. The fourth-order valence-electron chi connectivity index (χ4n) is 4.20. The molecule has 0 saturated heterocycles. The fraction of sp³-hybridized carbons (Fsp3) is 0.812. The number of methoxy groups -OCH3 is 1. The molecule has 0 radical (unpaired) electrons.